The molecule has 1 aliphatic heterocycles. The average Bonchev–Trinajstić information content (AvgIpc) is 2.83. The number of rotatable bonds is 2. The third-order valence-electron chi connectivity index (χ3n) is 5.96. The summed E-state index contributed by atoms with van der Waals surface area (Å²) in [6, 6.07) is 6.28. The molecule has 5 nitrogen and oxygen atoms in total. The Morgan fingerprint density at radius 3 is 2.42 bits per heavy atom. The maximum absolute atomic E-state index is 13.2. The van der Waals surface area contributed by atoms with Crippen LogP contribution in [0.25, 0.3) is 0 Å². The topological polar surface area (TPSA) is 57.7 Å². The van der Waals surface area contributed by atoms with Crippen LogP contribution in [0.3, 0.4) is 0 Å². The van der Waals surface area contributed by atoms with Crippen molar-refractivity contribution in [3.05, 3.63) is 42.2 Å². The van der Waals surface area contributed by atoms with Gasteiger partial charge in [-0.1, -0.05) is 6.58 Å². The summed E-state index contributed by atoms with van der Waals surface area (Å²) in [7, 11) is 0. The SMILES string of the molecule is C=C1C(=O)C2(C(=O)N3CCN(c4ccc(F)cc4)CC3)CC(=O)CC1C2. The molecule has 2 saturated carbocycles. The van der Waals surface area contributed by atoms with Gasteiger partial charge in [-0.05, 0) is 42.2 Å². The standard InChI is InChI=1S/C20H21FN2O3/c1-13-14-10-17(24)12-20(11-14,18(13)25)19(26)23-8-6-22(7-9-23)16-4-2-15(21)3-5-16/h2-5,14H,1,6-12H2. The van der Waals surface area contributed by atoms with Crippen LogP contribution >= 0.6 is 0 Å². The molecule has 6 heteroatoms. The highest BCUT2D eigenvalue weighted by Crippen LogP contribution is 2.51. The van der Waals surface area contributed by atoms with E-state index in [0.717, 1.165) is 5.69 Å². The molecule has 3 fully saturated rings. The van der Waals surface area contributed by atoms with Crippen LogP contribution in [0, 0.1) is 17.2 Å². The van der Waals surface area contributed by atoms with Crippen molar-refractivity contribution in [2.75, 3.05) is 31.1 Å². The van der Waals surface area contributed by atoms with E-state index in [-0.39, 0.29) is 35.6 Å². The number of allylic oxidation sites excluding steroid dienone is 1. The molecule has 4 rings (SSSR count). The zero-order chi connectivity index (χ0) is 18.5. The minimum atomic E-state index is -1.21. The van der Waals surface area contributed by atoms with Crippen LogP contribution in [0.15, 0.2) is 36.4 Å². The summed E-state index contributed by atoms with van der Waals surface area (Å²) in [5.41, 5.74) is 0.138. The number of hydrogen-bond donors (Lipinski definition) is 0. The first-order chi connectivity index (χ1) is 12.4. The molecule has 2 aliphatic carbocycles. The molecule has 0 aromatic heterocycles. The predicted molar refractivity (Wildman–Crippen MR) is 94.1 cm³/mol. The van der Waals surface area contributed by atoms with Gasteiger partial charge < -0.3 is 9.80 Å². The molecule has 26 heavy (non-hydrogen) atoms. The molecular formula is C20H21FN2O3. The Bertz CT molecular complexity index is 796. The van der Waals surface area contributed by atoms with Gasteiger partial charge in [0.05, 0.1) is 0 Å². The van der Waals surface area contributed by atoms with Gasteiger partial charge in [-0.2, -0.15) is 0 Å². The van der Waals surface area contributed by atoms with Crippen LogP contribution in [0.4, 0.5) is 10.1 Å². The number of carbonyl (C=O) groups is 3. The lowest BCUT2D eigenvalue weighted by molar-refractivity contribution is -0.151. The summed E-state index contributed by atoms with van der Waals surface area (Å²) in [5.74, 6) is -0.935. The summed E-state index contributed by atoms with van der Waals surface area (Å²) in [6.07, 6.45) is 0.768. The highest BCUT2D eigenvalue weighted by Gasteiger charge is 2.59. The van der Waals surface area contributed by atoms with Crippen LogP contribution in [-0.2, 0) is 14.4 Å². The molecule has 2 unspecified atom stereocenters. The zero-order valence-electron chi connectivity index (χ0n) is 14.5. The van der Waals surface area contributed by atoms with E-state index in [1.165, 1.54) is 12.1 Å². The first kappa shape index (κ1) is 16.9. The van der Waals surface area contributed by atoms with Gasteiger partial charge in [-0.25, -0.2) is 4.39 Å². The normalized spacial score (nSPS) is 28.7. The van der Waals surface area contributed by atoms with Crippen LogP contribution < -0.4 is 4.90 Å². The number of halogens is 1. The summed E-state index contributed by atoms with van der Waals surface area (Å²) in [4.78, 5) is 41.7. The third-order valence-corrected chi connectivity index (χ3v) is 5.96. The molecule has 2 atom stereocenters. The number of anilines is 1. The monoisotopic (exact) mass is 356 g/mol. The van der Waals surface area contributed by atoms with Gasteiger partial charge in [0.15, 0.2) is 5.78 Å². The van der Waals surface area contributed by atoms with Crippen molar-refractivity contribution < 1.29 is 18.8 Å². The molecule has 1 amide bonds. The molecule has 0 spiro atoms. The maximum atomic E-state index is 13.2. The fraction of sp³-hybridized carbons (Fsp3) is 0.450. The Morgan fingerprint density at radius 1 is 1.12 bits per heavy atom. The largest absolute Gasteiger partial charge is 0.368 e. The van der Waals surface area contributed by atoms with Gasteiger partial charge in [0.25, 0.3) is 0 Å². The first-order valence-electron chi connectivity index (χ1n) is 8.96. The Kier molecular flexibility index (Phi) is 3.93. The van der Waals surface area contributed by atoms with E-state index in [0.29, 0.717) is 44.6 Å². The van der Waals surface area contributed by atoms with E-state index in [1.807, 2.05) is 0 Å². The van der Waals surface area contributed by atoms with Crippen molar-refractivity contribution in [2.45, 2.75) is 19.3 Å². The summed E-state index contributed by atoms with van der Waals surface area (Å²) >= 11 is 0. The minimum absolute atomic E-state index is 0.0123. The second-order valence-electron chi connectivity index (χ2n) is 7.51. The predicted octanol–water partition coefficient (Wildman–Crippen LogP) is 1.97. The highest BCUT2D eigenvalue weighted by atomic mass is 19.1. The van der Waals surface area contributed by atoms with Gasteiger partial charge in [-0.15, -0.1) is 0 Å². The number of hydrogen-bond acceptors (Lipinski definition) is 4. The number of piperazine rings is 1. The number of amides is 1. The summed E-state index contributed by atoms with van der Waals surface area (Å²) < 4.78 is 13.1. The average molecular weight is 356 g/mol. The van der Waals surface area contributed by atoms with Crippen molar-refractivity contribution in [3.63, 3.8) is 0 Å². The third kappa shape index (κ3) is 2.55. The van der Waals surface area contributed by atoms with E-state index < -0.39 is 5.41 Å². The molecule has 1 aromatic carbocycles. The molecule has 3 aliphatic rings. The van der Waals surface area contributed by atoms with Gasteiger partial charge in [0.2, 0.25) is 5.91 Å². The maximum Gasteiger partial charge on any atom is 0.237 e. The molecule has 1 saturated heterocycles. The molecule has 0 N–H and O–H groups in total. The Hall–Kier alpha value is -2.50. The Balaban J connectivity index is 1.48. The van der Waals surface area contributed by atoms with E-state index in [2.05, 4.69) is 11.5 Å². The number of ketones is 2. The van der Waals surface area contributed by atoms with E-state index >= 15 is 0 Å². The Labute approximate surface area is 151 Å². The molecule has 2 bridgehead atoms. The van der Waals surface area contributed by atoms with Crippen LogP contribution in [-0.4, -0.2) is 48.6 Å². The Morgan fingerprint density at radius 2 is 1.77 bits per heavy atom. The summed E-state index contributed by atoms with van der Waals surface area (Å²) in [5, 5.41) is 0. The zero-order valence-corrected chi connectivity index (χ0v) is 14.5. The van der Waals surface area contributed by atoms with Gasteiger partial charge >= 0.3 is 0 Å². The molecular weight excluding hydrogens is 335 g/mol. The van der Waals surface area contributed by atoms with E-state index in [9.17, 15) is 18.8 Å². The second-order valence-corrected chi connectivity index (χ2v) is 7.51. The van der Waals surface area contributed by atoms with Crippen molar-refractivity contribution >= 4 is 23.2 Å². The van der Waals surface area contributed by atoms with Gasteiger partial charge in [0.1, 0.15) is 17.0 Å². The number of carbonyl (C=O) groups excluding carboxylic acids is 3. The second kappa shape index (κ2) is 6.04. The van der Waals surface area contributed by atoms with Gasteiger partial charge in [0, 0.05) is 44.7 Å². The molecule has 1 aromatic rings. The smallest absolute Gasteiger partial charge is 0.237 e. The lowest BCUT2D eigenvalue weighted by Crippen LogP contribution is -2.55. The van der Waals surface area contributed by atoms with Crippen LogP contribution in [0.2, 0.25) is 0 Å². The number of benzene rings is 1. The summed E-state index contributed by atoms with van der Waals surface area (Å²) in [6.45, 7) is 6.02. The fourth-order valence-electron chi connectivity index (χ4n) is 4.54. The first-order valence-corrected chi connectivity index (χ1v) is 8.96. The minimum Gasteiger partial charge on any atom is -0.368 e. The molecule has 0 radical (unpaired) electrons. The quantitative estimate of drug-likeness (QED) is 0.601. The van der Waals surface area contributed by atoms with Crippen molar-refractivity contribution in [3.8, 4) is 0 Å². The molecule has 1 heterocycles. The number of nitrogens with zero attached hydrogens (tertiary/aromatic N) is 2. The highest BCUT2D eigenvalue weighted by molar-refractivity contribution is 6.19. The van der Waals surface area contributed by atoms with E-state index in [1.54, 1.807) is 17.0 Å². The molecule has 136 valence electrons. The lowest BCUT2D eigenvalue weighted by Gasteiger charge is -2.40. The van der Waals surface area contributed by atoms with Gasteiger partial charge in [-0.3, -0.25) is 14.4 Å². The van der Waals surface area contributed by atoms with E-state index in [4.69, 9.17) is 0 Å². The van der Waals surface area contributed by atoms with Crippen LogP contribution in [0.5, 0.6) is 0 Å². The number of Topliss-reactive ketones (excluding diaryl/α,β-unsaturated/α-hetero) is 2. The number of fused-ring (bicyclic) bond motifs is 2. The van der Waals surface area contributed by atoms with Crippen molar-refractivity contribution in [1.29, 1.82) is 0 Å². The fourth-order valence-corrected chi connectivity index (χ4v) is 4.54. The van der Waals surface area contributed by atoms with Crippen molar-refractivity contribution in [2.24, 2.45) is 11.3 Å². The van der Waals surface area contributed by atoms with Crippen molar-refractivity contribution in [1.82, 2.24) is 4.90 Å². The lowest BCUT2D eigenvalue weighted by atomic mass is 9.73. The van der Waals surface area contributed by atoms with Crippen LogP contribution in [0.1, 0.15) is 19.3 Å².